The van der Waals surface area contributed by atoms with Gasteiger partial charge in [-0.25, -0.2) is 13.1 Å². The Morgan fingerprint density at radius 3 is 2.04 bits per heavy atom. The Morgan fingerprint density at radius 2 is 1.48 bits per heavy atom. The molecule has 0 fully saturated rings. The summed E-state index contributed by atoms with van der Waals surface area (Å²) in [5.41, 5.74) is 3.35. The van der Waals surface area contributed by atoms with E-state index in [1.54, 1.807) is 0 Å². The van der Waals surface area contributed by atoms with Gasteiger partial charge in [0.25, 0.3) is 0 Å². The van der Waals surface area contributed by atoms with Crippen molar-refractivity contribution in [1.82, 2.24) is 4.72 Å². The molecule has 0 unspecified atom stereocenters. The molecule has 2 aromatic carbocycles. The van der Waals surface area contributed by atoms with Crippen molar-refractivity contribution in [2.75, 3.05) is 13.2 Å². The predicted molar refractivity (Wildman–Crippen MR) is 108 cm³/mol. The third kappa shape index (κ3) is 5.02. The van der Waals surface area contributed by atoms with E-state index in [1.165, 1.54) is 0 Å². The molecule has 0 radical (unpaired) electrons. The summed E-state index contributed by atoms with van der Waals surface area (Å²) < 4.78 is 40.0. The van der Waals surface area contributed by atoms with Crippen molar-refractivity contribution in [3.63, 3.8) is 0 Å². The van der Waals surface area contributed by atoms with E-state index in [0.29, 0.717) is 29.6 Å². The molecule has 0 aromatic heterocycles. The Labute approximate surface area is 162 Å². The van der Waals surface area contributed by atoms with Gasteiger partial charge in [0.15, 0.2) is 11.5 Å². The van der Waals surface area contributed by atoms with Crippen LogP contribution in [0.5, 0.6) is 11.5 Å². The summed E-state index contributed by atoms with van der Waals surface area (Å²) in [5, 5.41) is 0. The Morgan fingerprint density at radius 1 is 0.926 bits per heavy atom. The van der Waals surface area contributed by atoms with Crippen LogP contribution in [0.15, 0.2) is 35.2 Å². The van der Waals surface area contributed by atoms with Crippen LogP contribution in [0.25, 0.3) is 0 Å². The number of nitrogens with one attached hydrogen (secondary N) is 1. The predicted octanol–water partition coefficient (Wildman–Crippen LogP) is 4.45. The first-order chi connectivity index (χ1) is 12.7. The van der Waals surface area contributed by atoms with E-state index < -0.39 is 16.1 Å². The van der Waals surface area contributed by atoms with Gasteiger partial charge in [-0.2, -0.15) is 0 Å². The maximum atomic E-state index is 13.0. The normalized spacial score (nSPS) is 12.7. The SMILES string of the molecule is CCOc1ccc([C@H](C)NS(=O)(=O)c2c(C)cc(C)cc2C)cc1OCC. The maximum absolute atomic E-state index is 13.0. The first-order valence-corrected chi connectivity index (χ1v) is 10.7. The molecule has 27 heavy (non-hydrogen) atoms. The molecule has 2 aromatic rings. The molecule has 5 nitrogen and oxygen atoms in total. The second-order valence-electron chi connectivity index (χ2n) is 6.64. The van der Waals surface area contributed by atoms with Crippen molar-refractivity contribution in [3.05, 3.63) is 52.6 Å². The van der Waals surface area contributed by atoms with Crippen molar-refractivity contribution < 1.29 is 17.9 Å². The van der Waals surface area contributed by atoms with Gasteiger partial charge < -0.3 is 9.47 Å². The van der Waals surface area contributed by atoms with Gasteiger partial charge in [0.1, 0.15) is 0 Å². The van der Waals surface area contributed by atoms with Gasteiger partial charge in [-0.3, -0.25) is 0 Å². The number of aryl methyl sites for hydroxylation is 3. The monoisotopic (exact) mass is 391 g/mol. The van der Waals surface area contributed by atoms with Crippen molar-refractivity contribution in [2.45, 2.75) is 52.5 Å². The molecule has 1 N–H and O–H groups in total. The molecule has 148 valence electrons. The van der Waals surface area contributed by atoms with Crippen LogP contribution in [0.2, 0.25) is 0 Å². The summed E-state index contributed by atoms with van der Waals surface area (Å²) in [6.45, 7) is 12.3. The molecule has 0 saturated heterocycles. The Hall–Kier alpha value is -2.05. The molecule has 1 atom stereocenters. The van der Waals surface area contributed by atoms with Gasteiger partial charge in [0.05, 0.1) is 18.1 Å². The second-order valence-corrected chi connectivity index (χ2v) is 8.29. The molecular weight excluding hydrogens is 362 g/mol. The van der Waals surface area contributed by atoms with E-state index >= 15 is 0 Å². The van der Waals surface area contributed by atoms with Gasteiger partial charge in [-0.15, -0.1) is 0 Å². The van der Waals surface area contributed by atoms with Crippen LogP contribution in [0.1, 0.15) is 49.1 Å². The van der Waals surface area contributed by atoms with E-state index in [0.717, 1.165) is 22.3 Å². The van der Waals surface area contributed by atoms with Crippen LogP contribution >= 0.6 is 0 Å². The Balaban J connectivity index is 2.33. The lowest BCUT2D eigenvalue weighted by atomic mass is 10.1. The minimum Gasteiger partial charge on any atom is -0.490 e. The van der Waals surface area contributed by atoms with Gasteiger partial charge >= 0.3 is 0 Å². The number of rotatable bonds is 8. The molecule has 0 aliphatic heterocycles. The van der Waals surface area contributed by atoms with Gasteiger partial charge in [0, 0.05) is 6.04 Å². The zero-order chi connectivity index (χ0) is 20.2. The third-order valence-electron chi connectivity index (χ3n) is 4.27. The second kappa shape index (κ2) is 8.76. The summed E-state index contributed by atoms with van der Waals surface area (Å²) >= 11 is 0. The van der Waals surface area contributed by atoms with Crippen molar-refractivity contribution in [2.24, 2.45) is 0 Å². The van der Waals surface area contributed by atoms with Crippen LogP contribution in [-0.2, 0) is 10.0 Å². The lowest BCUT2D eigenvalue weighted by Crippen LogP contribution is -2.28. The fourth-order valence-corrected chi connectivity index (χ4v) is 4.97. The van der Waals surface area contributed by atoms with Gasteiger partial charge in [-0.1, -0.05) is 23.8 Å². The molecule has 0 heterocycles. The summed E-state index contributed by atoms with van der Waals surface area (Å²) in [4.78, 5) is 0.343. The van der Waals surface area contributed by atoms with Crippen molar-refractivity contribution >= 4 is 10.0 Å². The molecule has 2 rings (SSSR count). The van der Waals surface area contributed by atoms with Crippen molar-refractivity contribution in [3.8, 4) is 11.5 Å². The van der Waals surface area contributed by atoms with E-state index in [2.05, 4.69) is 4.72 Å². The maximum Gasteiger partial charge on any atom is 0.241 e. The highest BCUT2D eigenvalue weighted by Gasteiger charge is 2.23. The molecule has 0 bridgehead atoms. The first kappa shape index (κ1) is 21.3. The molecule has 0 amide bonds. The van der Waals surface area contributed by atoms with E-state index in [9.17, 15) is 8.42 Å². The van der Waals surface area contributed by atoms with Gasteiger partial charge in [0.2, 0.25) is 10.0 Å². The first-order valence-electron chi connectivity index (χ1n) is 9.19. The fourth-order valence-electron chi connectivity index (χ4n) is 3.29. The number of hydrogen-bond acceptors (Lipinski definition) is 4. The lowest BCUT2D eigenvalue weighted by Gasteiger charge is -2.19. The molecule has 0 spiro atoms. The summed E-state index contributed by atoms with van der Waals surface area (Å²) in [6.07, 6.45) is 0. The average Bonchev–Trinajstić information content (AvgIpc) is 2.55. The van der Waals surface area contributed by atoms with E-state index in [1.807, 2.05) is 71.9 Å². The third-order valence-corrected chi connectivity index (χ3v) is 6.12. The highest BCUT2D eigenvalue weighted by Crippen LogP contribution is 2.31. The van der Waals surface area contributed by atoms with E-state index in [4.69, 9.17) is 9.47 Å². The largest absolute Gasteiger partial charge is 0.490 e. The molecule has 0 aliphatic rings. The summed E-state index contributed by atoms with van der Waals surface area (Å²) in [6, 6.07) is 8.86. The Kier molecular flexibility index (Phi) is 6.89. The minimum absolute atomic E-state index is 0.343. The lowest BCUT2D eigenvalue weighted by molar-refractivity contribution is 0.287. The molecular formula is C21H29NO4S. The average molecular weight is 392 g/mol. The number of hydrogen-bond donors (Lipinski definition) is 1. The smallest absolute Gasteiger partial charge is 0.241 e. The Bertz CT molecular complexity index is 883. The highest BCUT2D eigenvalue weighted by molar-refractivity contribution is 7.89. The van der Waals surface area contributed by atoms with Crippen LogP contribution in [0, 0.1) is 20.8 Å². The van der Waals surface area contributed by atoms with Crippen LogP contribution in [0.3, 0.4) is 0 Å². The zero-order valence-electron chi connectivity index (χ0n) is 16.9. The summed E-state index contributed by atoms with van der Waals surface area (Å²) in [7, 11) is -3.65. The topological polar surface area (TPSA) is 64.6 Å². The molecule has 6 heteroatoms. The quantitative estimate of drug-likeness (QED) is 0.722. The minimum atomic E-state index is -3.65. The summed E-state index contributed by atoms with van der Waals surface area (Å²) in [5.74, 6) is 1.27. The zero-order valence-corrected chi connectivity index (χ0v) is 17.7. The molecule has 0 saturated carbocycles. The number of ether oxygens (including phenoxy) is 2. The standard InChI is InChI=1S/C21H29NO4S/c1-7-25-19-10-9-18(13-20(19)26-8-2)17(6)22-27(23,24)21-15(4)11-14(3)12-16(21)5/h9-13,17,22H,7-8H2,1-6H3/t17-/m0/s1. The van der Waals surface area contributed by atoms with Crippen LogP contribution in [0.4, 0.5) is 0 Å². The van der Waals surface area contributed by atoms with Crippen LogP contribution in [-0.4, -0.2) is 21.6 Å². The number of sulfonamides is 1. The van der Waals surface area contributed by atoms with Crippen LogP contribution < -0.4 is 14.2 Å². The fraction of sp³-hybridized carbons (Fsp3) is 0.429. The van der Waals surface area contributed by atoms with Crippen molar-refractivity contribution in [1.29, 1.82) is 0 Å². The van der Waals surface area contributed by atoms with E-state index in [-0.39, 0.29) is 0 Å². The molecule has 0 aliphatic carbocycles. The number of benzene rings is 2. The van der Waals surface area contributed by atoms with Gasteiger partial charge in [-0.05, 0) is 70.4 Å². The highest BCUT2D eigenvalue weighted by atomic mass is 32.2.